The van der Waals surface area contributed by atoms with Gasteiger partial charge in [-0.2, -0.15) is 0 Å². The van der Waals surface area contributed by atoms with Crippen LogP contribution in [0, 0.1) is 5.92 Å². The van der Waals surface area contributed by atoms with Crippen LogP contribution in [0.1, 0.15) is 76.6 Å². The Morgan fingerprint density at radius 3 is 2.53 bits per heavy atom. The van der Waals surface area contributed by atoms with Crippen LogP contribution < -0.4 is 15.1 Å². The first-order chi connectivity index (χ1) is 15.1. The lowest BCUT2D eigenvalue weighted by Crippen LogP contribution is -2.52. The van der Waals surface area contributed by atoms with Crippen LogP contribution in [0.4, 0.5) is 11.4 Å². The number of hydrogen-bond donors (Lipinski definition) is 1. The molecule has 32 heavy (non-hydrogen) atoms. The van der Waals surface area contributed by atoms with Crippen molar-refractivity contribution < 1.29 is 19.1 Å². The molecular weight excluding hydrogens is 406 g/mol. The first kappa shape index (κ1) is 22.8. The Labute approximate surface area is 190 Å². The highest BCUT2D eigenvalue weighted by molar-refractivity contribution is 6.12. The van der Waals surface area contributed by atoms with E-state index in [0.717, 1.165) is 25.7 Å². The average molecular weight is 442 g/mol. The number of carbonyl (C=O) groups excluding carboxylic acids is 3. The van der Waals surface area contributed by atoms with Gasteiger partial charge in [0.15, 0.2) is 0 Å². The van der Waals surface area contributed by atoms with E-state index in [1.54, 1.807) is 23.1 Å². The molecule has 174 valence electrons. The van der Waals surface area contributed by atoms with Gasteiger partial charge in [-0.15, -0.1) is 0 Å². The fourth-order valence-electron chi connectivity index (χ4n) is 4.74. The Hall–Kier alpha value is -2.41. The van der Waals surface area contributed by atoms with E-state index >= 15 is 0 Å². The summed E-state index contributed by atoms with van der Waals surface area (Å²) in [7, 11) is 0. The minimum Gasteiger partial charge on any atom is -0.456 e. The third kappa shape index (κ3) is 5.14. The summed E-state index contributed by atoms with van der Waals surface area (Å²) < 4.78 is 5.52. The number of nitrogens with one attached hydrogen (secondary N) is 1. The van der Waals surface area contributed by atoms with Crippen LogP contribution in [0.25, 0.3) is 0 Å². The van der Waals surface area contributed by atoms with Crippen molar-refractivity contribution >= 4 is 29.2 Å². The Balaban J connectivity index is 1.57. The summed E-state index contributed by atoms with van der Waals surface area (Å²) in [5.74, 6) is 0.0216. The predicted molar refractivity (Wildman–Crippen MR) is 124 cm³/mol. The maximum absolute atomic E-state index is 13.2. The second kappa shape index (κ2) is 8.85. The highest BCUT2D eigenvalue weighted by Crippen LogP contribution is 2.41. The Morgan fingerprint density at radius 1 is 1.12 bits per heavy atom. The molecule has 0 radical (unpaired) electrons. The number of fused-ring (bicyclic) bond motifs is 1. The van der Waals surface area contributed by atoms with Gasteiger partial charge >= 0.3 is 5.97 Å². The van der Waals surface area contributed by atoms with Crippen molar-refractivity contribution in [3.8, 4) is 0 Å². The fourth-order valence-corrected chi connectivity index (χ4v) is 4.74. The number of hydrogen-bond acceptors (Lipinski definition) is 5. The average Bonchev–Trinajstić information content (AvgIpc) is 3.55. The molecule has 1 aromatic carbocycles. The zero-order valence-corrected chi connectivity index (χ0v) is 19.6. The Kier molecular flexibility index (Phi) is 6.30. The smallest absolute Gasteiger partial charge is 0.338 e. The van der Waals surface area contributed by atoms with Gasteiger partial charge in [-0.05, 0) is 70.6 Å². The molecule has 0 spiro atoms. The number of anilines is 2. The molecule has 7 heteroatoms. The first-order valence-electron chi connectivity index (χ1n) is 11.9. The largest absolute Gasteiger partial charge is 0.456 e. The van der Waals surface area contributed by atoms with E-state index in [0.29, 0.717) is 28.9 Å². The highest BCUT2D eigenvalue weighted by atomic mass is 16.6. The molecule has 1 aromatic rings. The van der Waals surface area contributed by atoms with E-state index in [-0.39, 0.29) is 30.9 Å². The van der Waals surface area contributed by atoms with Gasteiger partial charge in [0.05, 0.1) is 23.5 Å². The lowest BCUT2D eigenvalue weighted by atomic mass is 9.87. The molecule has 4 rings (SSSR count). The molecule has 1 aliphatic heterocycles. The van der Waals surface area contributed by atoms with Gasteiger partial charge in [-0.3, -0.25) is 14.5 Å². The normalized spacial score (nSPS) is 23.7. The van der Waals surface area contributed by atoms with Crippen LogP contribution in [-0.4, -0.2) is 48.6 Å². The number of nitrogens with zero attached hydrogens (tertiary/aromatic N) is 2. The third-order valence-electron chi connectivity index (χ3n) is 6.41. The van der Waals surface area contributed by atoms with E-state index < -0.39 is 11.6 Å². The summed E-state index contributed by atoms with van der Waals surface area (Å²) in [5.41, 5.74) is 1.09. The van der Waals surface area contributed by atoms with Crippen molar-refractivity contribution in [3.05, 3.63) is 23.8 Å². The molecule has 0 aromatic heterocycles. The first-order valence-corrected chi connectivity index (χ1v) is 11.9. The standard InChI is InChI=1S/C25H35N3O4/c1-16-6-5-7-18(12-16)26-14-22(29)27-15-23(30)28(19-9-10-19)20-11-8-17(13-21(20)27)24(31)32-25(2,3)4/h8,11,13,16,18-19,26H,5-7,9-10,12,14-15H2,1-4H3. The van der Waals surface area contributed by atoms with E-state index in [1.807, 2.05) is 20.8 Å². The van der Waals surface area contributed by atoms with Crippen LogP contribution >= 0.6 is 0 Å². The van der Waals surface area contributed by atoms with Crippen molar-refractivity contribution in [3.63, 3.8) is 0 Å². The van der Waals surface area contributed by atoms with Crippen molar-refractivity contribution in [1.82, 2.24) is 5.32 Å². The number of benzene rings is 1. The van der Waals surface area contributed by atoms with E-state index in [1.165, 1.54) is 17.7 Å². The molecule has 3 aliphatic rings. The number of carbonyl (C=O) groups is 3. The predicted octanol–water partition coefficient (Wildman–Crippen LogP) is 3.65. The van der Waals surface area contributed by atoms with E-state index in [9.17, 15) is 14.4 Å². The lowest BCUT2D eigenvalue weighted by molar-refractivity contribution is -0.122. The molecule has 2 atom stereocenters. The summed E-state index contributed by atoms with van der Waals surface area (Å²) >= 11 is 0. The fraction of sp³-hybridized carbons (Fsp3) is 0.640. The van der Waals surface area contributed by atoms with Gasteiger partial charge in [0.1, 0.15) is 12.1 Å². The zero-order valence-electron chi connectivity index (χ0n) is 19.6. The van der Waals surface area contributed by atoms with Crippen LogP contribution in [-0.2, 0) is 14.3 Å². The van der Waals surface area contributed by atoms with Crippen LogP contribution in [0.2, 0.25) is 0 Å². The van der Waals surface area contributed by atoms with Gasteiger partial charge in [0, 0.05) is 12.1 Å². The van der Waals surface area contributed by atoms with Gasteiger partial charge in [0.25, 0.3) is 0 Å². The topological polar surface area (TPSA) is 79.0 Å². The highest BCUT2D eigenvalue weighted by Gasteiger charge is 2.41. The van der Waals surface area contributed by atoms with Gasteiger partial charge in [-0.1, -0.05) is 19.8 Å². The minimum absolute atomic E-state index is 0.00283. The van der Waals surface area contributed by atoms with Crippen molar-refractivity contribution in [2.24, 2.45) is 5.92 Å². The number of ether oxygens (including phenoxy) is 1. The van der Waals surface area contributed by atoms with Gasteiger partial charge < -0.3 is 15.0 Å². The third-order valence-corrected chi connectivity index (χ3v) is 6.41. The molecule has 0 bridgehead atoms. The lowest BCUT2D eigenvalue weighted by Gasteiger charge is -2.37. The molecule has 2 unspecified atom stereocenters. The van der Waals surface area contributed by atoms with Crippen LogP contribution in [0.15, 0.2) is 18.2 Å². The zero-order chi connectivity index (χ0) is 23.0. The molecule has 2 saturated carbocycles. The van der Waals surface area contributed by atoms with Crippen molar-refractivity contribution in [2.75, 3.05) is 22.9 Å². The van der Waals surface area contributed by atoms with Crippen LogP contribution in [0.3, 0.4) is 0 Å². The molecule has 0 saturated heterocycles. The molecule has 1 N–H and O–H groups in total. The molecule has 2 aliphatic carbocycles. The summed E-state index contributed by atoms with van der Waals surface area (Å²) in [6, 6.07) is 5.68. The van der Waals surface area contributed by atoms with Crippen LogP contribution in [0.5, 0.6) is 0 Å². The maximum atomic E-state index is 13.2. The number of amides is 2. The van der Waals surface area contributed by atoms with E-state index in [2.05, 4.69) is 12.2 Å². The van der Waals surface area contributed by atoms with E-state index in [4.69, 9.17) is 4.74 Å². The quantitative estimate of drug-likeness (QED) is 0.706. The number of esters is 1. The van der Waals surface area contributed by atoms with Gasteiger partial charge in [0.2, 0.25) is 11.8 Å². The maximum Gasteiger partial charge on any atom is 0.338 e. The molecule has 2 amide bonds. The summed E-state index contributed by atoms with van der Waals surface area (Å²) in [5, 5.41) is 3.40. The Morgan fingerprint density at radius 2 is 1.88 bits per heavy atom. The molecule has 2 fully saturated rings. The number of rotatable bonds is 5. The summed E-state index contributed by atoms with van der Waals surface area (Å²) in [6.45, 7) is 7.91. The summed E-state index contributed by atoms with van der Waals surface area (Å²) in [4.78, 5) is 42.1. The second-order valence-electron chi connectivity index (χ2n) is 10.5. The summed E-state index contributed by atoms with van der Waals surface area (Å²) in [6.07, 6.45) is 6.49. The SMILES string of the molecule is CC1CCCC(NCC(=O)N2CC(=O)N(C3CC3)c3ccc(C(=O)OC(C)(C)C)cc32)C1. The molecule has 7 nitrogen and oxygen atoms in total. The minimum atomic E-state index is -0.612. The molecular formula is C25H35N3O4. The van der Waals surface area contributed by atoms with Crippen molar-refractivity contribution in [1.29, 1.82) is 0 Å². The second-order valence-corrected chi connectivity index (χ2v) is 10.5. The molecule has 1 heterocycles. The van der Waals surface area contributed by atoms with Gasteiger partial charge in [-0.25, -0.2) is 4.79 Å². The van der Waals surface area contributed by atoms with Crippen molar-refractivity contribution in [2.45, 2.75) is 83.9 Å². The monoisotopic (exact) mass is 441 g/mol. The Bertz CT molecular complexity index is 903.